The first-order chi connectivity index (χ1) is 10.4. The molecular formula is C18H23NOS. The van der Waals surface area contributed by atoms with Gasteiger partial charge in [0.05, 0.1) is 6.10 Å². The maximum atomic E-state index is 6.23. The fourth-order valence-corrected chi connectivity index (χ4v) is 4.97. The van der Waals surface area contributed by atoms with Gasteiger partial charge in [-0.15, -0.1) is 11.8 Å². The lowest BCUT2D eigenvalue weighted by atomic mass is 9.75. The molecule has 1 aromatic rings. The van der Waals surface area contributed by atoms with Crippen molar-refractivity contribution in [2.45, 2.75) is 38.3 Å². The van der Waals surface area contributed by atoms with E-state index in [0.29, 0.717) is 24.0 Å². The molecule has 1 fully saturated rings. The third-order valence-corrected chi connectivity index (χ3v) is 6.08. The molecule has 0 amide bonds. The summed E-state index contributed by atoms with van der Waals surface area (Å²) in [5, 5.41) is 6.11. The zero-order chi connectivity index (χ0) is 14.2. The lowest BCUT2D eigenvalue weighted by Crippen LogP contribution is -2.45. The first-order valence-electron chi connectivity index (χ1n) is 8.16. The van der Waals surface area contributed by atoms with Gasteiger partial charge in [0.25, 0.3) is 0 Å². The standard InChI is InChI=1S/C18H23NOS/c1-2-12-5-6-16-15(10-12)18-14(4-3-8-20-18)17(19-16)13-7-9-21-11-13/h5-7,9-10,13-14,17-19H,2-4,8,11H2,1H3/t13?,14-,17-,18-/m0/s1. The molecule has 0 aromatic heterocycles. The second-order valence-corrected chi connectivity index (χ2v) is 7.31. The number of thioether (sulfide) groups is 1. The Morgan fingerprint density at radius 3 is 3.14 bits per heavy atom. The monoisotopic (exact) mass is 301 g/mol. The lowest BCUT2D eigenvalue weighted by molar-refractivity contribution is -0.0409. The number of rotatable bonds is 2. The molecule has 112 valence electrons. The molecule has 1 N–H and O–H groups in total. The molecule has 0 saturated carbocycles. The minimum atomic E-state index is 0.297. The summed E-state index contributed by atoms with van der Waals surface area (Å²) in [6.45, 7) is 3.14. The molecule has 3 aliphatic rings. The highest BCUT2D eigenvalue weighted by atomic mass is 32.2. The van der Waals surface area contributed by atoms with E-state index in [1.54, 1.807) is 0 Å². The van der Waals surface area contributed by atoms with Crippen molar-refractivity contribution in [2.24, 2.45) is 11.8 Å². The molecule has 2 nitrogen and oxygen atoms in total. The van der Waals surface area contributed by atoms with Crippen LogP contribution in [0.1, 0.15) is 37.0 Å². The maximum Gasteiger partial charge on any atom is 0.0892 e. The molecule has 3 heteroatoms. The molecular weight excluding hydrogens is 278 g/mol. The maximum absolute atomic E-state index is 6.23. The van der Waals surface area contributed by atoms with Crippen LogP contribution < -0.4 is 5.32 Å². The summed E-state index contributed by atoms with van der Waals surface area (Å²) in [5.74, 6) is 2.47. The first kappa shape index (κ1) is 13.7. The second kappa shape index (κ2) is 5.69. The van der Waals surface area contributed by atoms with Crippen molar-refractivity contribution in [2.75, 3.05) is 17.7 Å². The van der Waals surface area contributed by atoms with E-state index < -0.39 is 0 Å². The highest BCUT2D eigenvalue weighted by Gasteiger charge is 2.42. The van der Waals surface area contributed by atoms with Crippen LogP contribution in [0.4, 0.5) is 5.69 Å². The van der Waals surface area contributed by atoms with Crippen LogP contribution in [0.5, 0.6) is 0 Å². The Morgan fingerprint density at radius 1 is 1.38 bits per heavy atom. The van der Waals surface area contributed by atoms with Crippen molar-refractivity contribution in [1.82, 2.24) is 0 Å². The average molecular weight is 301 g/mol. The van der Waals surface area contributed by atoms with Crippen molar-refractivity contribution in [3.8, 4) is 0 Å². The van der Waals surface area contributed by atoms with Crippen LogP contribution in [0.3, 0.4) is 0 Å². The van der Waals surface area contributed by atoms with Gasteiger partial charge in [-0.25, -0.2) is 0 Å². The number of ether oxygens (including phenoxy) is 1. The molecule has 0 bridgehead atoms. The largest absolute Gasteiger partial charge is 0.381 e. The second-order valence-electron chi connectivity index (χ2n) is 6.37. The summed E-state index contributed by atoms with van der Waals surface area (Å²) in [6, 6.07) is 7.41. The predicted octanol–water partition coefficient (Wildman–Crippen LogP) is 4.39. The van der Waals surface area contributed by atoms with Gasteiger partial charge in [-0.1, -0.05) is 25.1 Å². The topological polar surface area (TPSA) is 21.3 Å². The smallest absolute Gasteiger partial charge is 0.0892 e. The Labute approximate surface area is 131 Å². The van der Waals surface area contributed by atoms with Gasteiger partial charge in [-0.05, 0) is 36.3 Å². The van der Waals surface area contributed by atoms with Crippen molar-refractivity contribution in [3.63, 3.8) is 0 Å². The van der Waals surface area contributed by atoms with Crippen LogP contribution in [0.15, 0.2) is 29.7 Å². The minimum Gasteiger partial charge on any atom is -0.381 e. The third-order valence-electron chi connectivity index (χ3n) is 5.15. The van der Waals surface area contributed by atoms with E-state index >= 15 is 0 Å². The Bertz CT molecular complexity index is 556. The molecule has 0 spiro atoms. The Hall–Kier alpha value is -0.930. The fourth-order valence-electron chi connectivity index (χ4n) is 4.00. The highest BCUT2D eigenvalue weighted by Crippen LogP contribution is 2.47. The van der Waals surface area contributed by atoms with Gasteiger partial charge < -0.3 is 10.1 Å². The molecule has 4 rings (SSSR count). The van der Waals surface area contributed by atoms with Gasteiger partial charge in [0.2, 0.25) is 0 Å². The van der Waals surface area contributed by atoms with Crippen LogP contribution in [-0.2, 0) is 11.2 Å². The summed E-state index contributed by atoms with van der Waals surface area (Å²) in [7, 11) is 0. The molecule has 3 heterocycles. The number of anilines is 1. The third kappa shape index (κ3) is 2.40. The van der Waals surface area contributed by atoms with Crippen molar-refractivity contribution >= 4 is 17.4 Å². The molecule has 3 aliphatic heterocycles. The van der Waals surface area contributed by atoms with E-state index in [1.165, 1.54) is 35.4 Å². The summed E-state index contributed by atoms with van der Waals surface area (Å²) in [5.41, 5.74) is 4.11. The van der Waals surface area contributed by atoms with E-state index in [-0.39, 0.29) is 0 Å². The Balaban J connectivity index is 1.72. The van der Waals surface area contributed by atoms with Gasteiger partial charge >= 0.3 is 0 Å². The Kier molecular flexibility index (Phi) is 3.72. The van der Waals surface area contributed by atoms with Crippen LogP contribution >= 0.6 is 11.8 Å². The Morgan fingerprint density at radius 2 is 2.33 bits per heavy atom. The summed E-state index contributed by atoms with van der Waals surface area (Å²) in [4.78, 5) is 0. The number of nitrogens with one attached hydrogen (secondary N) is 1. The molecule has 0 radical (unpaired) electrons. The van der Waals surface area contributed by atoms with Gasteiger partial charge in [0.1, 0.15) is 0 Å². The number of fused-ring (bicyclic) bond motifs is 3. The number of hydrogen-bond acceptors (Lipinski definition) is 3. The van der Waals surface area contributed by atoms with Crippen LogP contribution in [0.25, 0.3) is 0 Å². The number of hydrogen-bond donors (Lipinski definition) is 1. The van der Waals surface area contributed by atoms with Gasteiger partial charge in [0.15, 0.2) is 0 Å². The van der Waals surface area contributed by atoms with E-state index in [0.717, 1.165) is 13.0 Å². The molecule has 1 aromatic carbocycles. The first-order valence-corrected chi connectivity index (χ1v) is 9.21. The summed E-state index contributed by atoms with van der Waals surface area (Å²) in [6.07, 6.45) is 6.26. The minimum absolute atomic E-state index is 0.297. The van der Waals surface area contributed by atoms with E-state index in [1.807, 2.05) is 11.8 Å². The van der Waals surface area contributed by atoms with E-state index in [2.05, 4.69) is 41.9 Å². The molecule has 21 heavy (non-hydrogen) atoms. The zero-order valence-electron chi connectivity index (χ0n) is 12.5. The van der Waals surface area contributed by atoms with Crippen LogP contribution in [0, 0.1) is 11.8 Å². The normalized spacial score (nSPS) is 34.1. The zero-order valence-corrected chi connectivity index (χ0v) is 13.4. The molecule has 1 saturated heterocycles. The average Bonchev–Trinajstić information content (AvgIpc) is 3.08. The molecule has 1 unspecified atom stereocenters. The van der Waals surface area contributed by atoms with Crippen molar-refractivity contribution in [1.29, 1.82) is 0 Å². The van der Waals surface area contributed by atoms with Gasteiger partial charge in [-0.3, -0.25) is 0 Å². The van der Waals surface area contributed by atoms with Crippen molar-refractivity contribution < 1.29 is 4.74 Å². The fraction of sp³-hybridized carbons (Fsp3) is 0.556. The van der Waals surface area contributed by atoms with E-state index in [4.69, 9.17) is 4.74 Å². The predicted molar refractivity (Wildman–Crippen MR) is 89.7 cm³/mol. The quantitative estimate of drug-likeness (QED) is 0.875. The van der Waals surface area contributed by atoms with Crippen molar-refractivity contribution in [3.05, 3.63) is 40.8 Å². The number of aryl methyl sites for hydroxylation is 1. The lowest BCUT2D eigenvalue weighted by Gasteiger charge is -2.45. The molecule has 0 aliphatic carbocycles. The summed E-state index contributed by atoms with van der Waals surface area (Å²) < 4.78 is 6.23. The van der Waals surface area contributed by atoms with Gasteiger partial charge in [-0.2, -0.15) is 0 Å². The van der Waals surface area contributed by atoms with E-state index in [9.17, 15) is 0 Å². The van der Waals surface area contributed by atoms with Gasteiger partial charge in [0, 0.05) is 41.5 Å². The highest BCUT2D eigenvalue weighted by molar-refractivity contribution is 8.02. The molecule has 4 atom stereocenters. The SMILES string of the molecule is CCc1ccc2c(c1)[C@H]1OCCC[C@H]1[C@H](C1C=CSC1)N2. The van der Waals surface area contributed by atoms with Crippen LogP contribution in [-0.4, -0.2) is 18.4 Å². The summed E-state index contributed by atoms with van der Waals surface area (Å²) >= 11 is 1.94. The van der Waals surface area contributed by atoms with Crippen LogP contribution in [0.2, 0.25) is 0 Å². The number of benzene rings is 1.